The van der Waals surface area contributed by atoms with Gasteiger partial charge in [0, 0.05) is 11.8 Å². The number of carbonyl (C=O) groups is 3. The second kappa shape index (κ2) is 9.77. The maximum Gasteiger partial charge on any atom is 0.416 e. The van der Waals surface area contributed by atoms with Crippen molar-refractivity contribution in [1.29, 1.82) is 0 Å². The van der Waals surface area contributed by atoms with Crippen molar-refractivity contribution in [3.63, 3.8) is 0 Å². The van der Waals surface area contributed by atoms with Crippen LogP contribution in [0.25, 0.3) is 0 Å². The first-order valence-electron chi connectivity index (χ1n) is 8.92. The smallest absolute Gasteiger partial charge is 0.416 e. The summed E-state index contributed by atoms with van der Waals surface area (Å²) in [4.78, 5) is 37.4. The standard InChI is InChI=1S/C18H25N3O6/c1-4-25-14-7-6-13(10-15(14)26-5-2)19-16(22)11-20(3)12-17(23)21-8-9-27-18(21)24/h6-7,10H,4-5,8-9,11-12H2,1-3H3,(H,19,22)/p+1. The number of rotatable bonds is 9. The first-order chi connectivity index (χ1) is 12.9. The number of quaternary nitrogens is 1. The zero-order chi connectivity index (χ0) is 19.8. The van der Waals surface area contributed by atoms with Crippen molar-refractivity contribution < 1.29 is 33.5 Å². The van der Waals surface area contributed by atoms with Crippen molar-refractivity contribution in [3.05, 3.63) is 18.2 Å². The van der Waals surface area contributed by atoms with Crippen LogP contribution < -0.4 is 19.7 Å². The predicted octanol–water partition coefficient (Wildman–Crippen LogP) is -0.0840. The minimum Gasteiger partial charge on any atom is -0.490 e. The fourth-order valence-electron chi connectivity index (χ4n) is 2.64. The monoisotopic (exact) mass is 380 g/mol. The molecule has 2 rings (SSSR count). The molecule has 0 spiro atoms. The zero-order valence-electron chi connectivity index (χ0n) is 15.9. The van der Waals surface area contributed by atoms with Crippen LogP contribution in [-0.2, 0) is 14.3 Å². The molecule has 0 aliphatic carbocycles. The molecular weight excluding hydrogens is 354 g/mol. The van der Waals surface area contributed by atoms with Crippen LogP contribution in [0, 0.1) is 0 Å². The lowest BCUT2D eigenvalue weighted by Gasteiger charge is -2.16. The van der Waals surface area contributed by atoms with Gasteiger partial charge in [0.25, 0.3) is 11.8 Å². The maximum absolute atomic E-state index is 12.2. The van der Waals surface area contributed by atoms with Gasteiger partial charge in [-0.3, -0.25) is 9.59 Å². The van der Waals surface area contributed by atoms with Crippen molar-refractivity contribution in [2.75, 3.05) is 51.8 Å². The second-order valence-corrected chi connectivity index (χ2v) is 6.05. The third kappa shape index (κ3) is 5.85. The first kappa shape index (κ1) is 20.5. The van der Waals surface area contributed by atoms with E-state index in [4.69, 9.17) is 14.2 Å². The summed E-state index contributed by atoms with van der Waals surface area (Å²) in [6.45, 7) is 5.30. The van der Waals surface area contributed by atoms with E-state index >= 15 is 0 Å². The molecule has 1 fully saturated rings. The molecule has 148 valence electrons. The maximum atomic E-state index is 12.2. The number of hydrogen-bond acceptors (Lipinski definition) is 6. The Labute approximate surface area is 158 Å². The van der Waals surface area contributed by atoms with Crippen LogP contribution in [0.5, 0.6) is 11.5 Å². The highest BCUT2D eigenvalue weighted by molar-refractivity contribution is 5.94. The molecule has 0 radical (unpaired) electrons. The van der Waals surface area contributed by atoms with Crippen molar-refractivity contribution >= 4 is 23.6 Å². The number of amides is 3. The van der Waals surface area contributed by atoms with Crippen molar-refractivity contribution in [2.24, 2.45) is 0 Å². The molecule has 1 saturated heterocycles. The minimum atomic E-state index is -0.630. The van der Waals surface area contributed by atoms with E-state index in [1.807, 2.05) is 13.8 Å². The number of likely N-dealkylation sites (N-methyl/N-ethyl adjacent to an activating group) is 1. The number of nitrogens with zero attached hydrogens (tertiary/aromatic N) is 1. The predicted molar refractivity (Wildman–Crippen MR) is 97.1 cm³/mol. The number of imide groups is 1. The molecule has 1 heterocycles. The lowest BCUT2D eigenvalue weighted by Crippen LogP contribution is -3.11. The number of hydrogen-bond donors (Lipinski definition) is 2. The summed E-state index contributed by atoms with van der Waals surface area (Å²) in [5.74, 6) is 0.558. The highest BCUT2D eigenvalue weighted by Crippen LogP contribution is 2.30. The van der Waals surface area contributed by atoms with Gasteiger partial charge >= 0.3 is 6.09 Å². The highest BCUT2D eigenvalue weighted by atomic mass is 16.6. The molecule has 0 saturated carbocycles. The van der Waals surface area contributed by atoms with Crippen LogP contribution in [0.1, 0.15) is 13.8 Å². The second-order valence-electron chi connectivity index (χ2n) is 6.05. The highest BCUT2D eigenvalue weighted by Gasteiger charge is 2.30. The van der Waals surface area contributed by atoms with Gasteiger partial charge in [0.15, 0.2) is 24.6 Å². The number of benzene rings is 1. The summed E-state index contributed by atoms with van der Waals surface area (Å²) in [7, 11) is 1.71. The van der Waals surface area contributed by atoms with E-state index in [9.17, 15) is 14.4 Å². The fraction of sp³-hybridized carbons (Fsp3) is 0.500. The topological polar surface area (TPSA) is 98.6 Å². The molecule has 1 aliphatic rings. The van der Waals surface area contributed by atoms with Crippen LogP contribution >= 0.6 is 0 Å². The molecule has 3 amide bonds. The van der Waals surface area contributed by atoms with E-state index in [1.165, 1.54) is 0 Å². The van der Waals surface area contributed by atoms with Gasteiger partial charge < -0.3 is 24.4 Å². The van der Waals surface area contributed by atoms with Crippen LogP contribution in [0.15, 0.2) is 18.2 Å². The van der Waals surface area contributed by atoms with Gasteiger partial charge in [-0.15, -0.1) is 0 Å². The largest absolute Gasteiger partial charge is 0.490 e. The average Bonchev–Trinajstić information content (AvgIpc) is 3.03. The van der Waals surface area contributed by atoms with Gasteiger partial charge in [0.05, 0.1) is 26.8 Å². The molecule has 1 unspecified atom stereocenters. The summed E-state index contributed by atoms with van der Waals surface area (Å²) in [6.07, 6.45) is -0.630. The summed E-state index contributed by atoms with van der Waals surface area (Å²) >= 11 is 0. The molecule has 1 aromatic carbocycles. The number of carbonyl (C=O) groups excluding carboxylic acids is 3. The van der Waals surface area contributed by atoms with Crippen LogP contribution in [0.3, 0.4) is 0 Å². The Kier molecular flexibility index (Phi) is 7.42. The Morgan fingerprint density at radius 1 is 1.19 bits per heavy atom. The molecular formula is C18H26N3O6+. The van der Waals surface area contributed by atoms with Crippen LogP contribution in [0.4, 0.5) is 10.5 Å². The average molecular weight is 380 g/mol. The van der Waals surface area contributed by atoms with E-state index in [-0.39, 0.29) is 38.1 Å². The van der Waals surface area contributed by atoms with E-state index in [1.54, 1.807) is 25.2 Å². The van der Waals surface area contributed by atoms with Crippen LogP contribution in [0.2, 0.25) is 0 Å². The lowest BCUT2D eigenvalue weighted by atomic mass is 10.2. The summed E-state index contributed by atoms with van der Waals surface area (Å²) in [6, 6.07) is 5.17. The summed E-state index contributed by atoms with van der Waals surface area (Å²) in [5, 5.41) is 2.78. The molecule has 1 aromatic rings. The van der Waals surface area contributed by atoms with Crippen LogP contribution in [-0.4, -0.2) is 69.3 Å². The first-order valence-corrected chi connectivity index (χ1v) is 8.92. The van der Waals surface area contributed by atoms with Gasteiger partial charge in [-0.25, -0.2) is 9.69 Å². The molecule has 9 nitrogen and oxygen atoms in total. The van der Waals surface area contributed by atoms with E-state index in [0.717, 1.165) is 4.90 Å². The Balaban J connectivity index is 1.89. The third-order valence-electron chi connectivity index (χ3n) is 3.80. The molecule has 2 N–H and O–H groups in total. The van der Waals surface area contributed by atoms with Gasteiger partial charge in [0.1, 0.15) is 6.61 Å². The van der Waals surface area contributed by atoms with Gasteiger partial charge in [0.2, 0.25) is 0 Å². The van der Waals surface area contributed by atoms with Crippen molar-refractivity contribution in [3.8, 4) is 11.5 Å². The van der Waals surface area contributed by atoms with Gasteiger partial charge in [-0.2, -0.15) is 0 Å². The normalized spacial score (nSPS) is 14.5. The molecule has 0 bridgehead atoms. The molecule has 0 aromatic heterocycles. The third-order valence-corrected chi connectivity index (χ3v) is 3.80. The molecule has 9 heteroatoms. The van der Waals surface area contributed by atoms with Gasteiger partial charge in [-0.1, -0.05) is 0 Å². The number of cyclic esters (lactones) is 1. The Morgan fingerprint density at radius 2 is 1.89 bits per heavy atom. The summed E-state index contributed by atoms with van der Waals surface area (Å²) in [5.41, 5.74) is 0.578. The van der Waals surface area contributed by atoms with E-state index < -0.39 is 6.09 Å². The summed E-state index contributed by atoms with van der Waals surface area (Å²) < 4.78 is 15.8. The Bertz CT molecular complexity index is 694. The Hall–Kier alpha value is -2.81. The number of anilines is 1. The van der Waals surface area contributed by atoms with E-state index in [0.29, 0.717) is 35.3 Å². The van der Waals surface area contributed by atoms with Crippen molar-refractivity contribution in [2.45, 2.75) is 13.8 Å². The number of ether oxygens (including phenoxy) is 3. The lowest BCUT2D eigenvalue weighted by molar-refractivity contribution is -0.862. The van der Waals surface area contributed by atoms with Gasteiger partial charge in [-0.05, 0) is 26.0 Å². The fourth-order valence-corrected chi connectivity index (χ4v) is 2.64. The van der Waals surface area contributed by atoms with E-state index in [2.05, 4.69) is 5.32 Å². The minimum absolute atomic E-state index is 0.0238. The van der Waals surface area contributed by atoms with Crippen molar-refractivity contribution in [1.82, 2.24) is 4.90 Å². The Morgan fingerprint density at radius 3 is 2.52 bits per heavy atom. The quantitative estimate of drug-likeness (QED) is 0.622. The molecule has 1 aliphatic heterocycles. The zero-order valence-corrected chi connectivity index (χ0v) is 15.9. The SMILES string of the molecule is CCOc1ccc(NC(=O)C[NH+](C)CC(=O)N2CCOC2=O)cc1OCC. The molecule has 27 heavy (non-hydrogen) atoms. The number of nitrogens with one attached hydrogen (secondary N) is 2. The molecule has 1 atom stereocenters.